The van der Waals surface area contributed by atoms with Gasteiger partial charge in [0.2, 0.25) is 0 Å². The average Bonchev–Trinajstić information content (AvgIpc) is 2.70. The van der Waals surface area contributed by atoms with Crippen molar-refractivity contribution in [3.05, 3.63) is 35.4 Å². The highest BCUT2D eigenvalue weighted by Gasteiger charge is 2.29. The smallest absolute Gasteiger partial charge is 0.317 e. The average molecular weight is 249 g/mol. The van der Waals surface area contributed by atoms with Crippen molar-refractivity contribution in [1.29, 1.82) is 0 Å². The van der Waals surface area contributed by atoms with Crippen LogP contribution in [0.25, 0.3) is 0 Å². The van der Waals surface area contributed by atoms with E-state index in [0.717, 1.165) is 18.4 Å². The number of nitrogens with zero attached hydrogens (tertiary/aromatic N) is 1. The second kappa shape index (κ2) is 5.18. The van der Waals surface area contributed by atoms with Crippen LogP contribution in [0.5, 0.6) is 0 Å². The molecule has 96 valence electrons. The number of carboxylic acid groups (broad SMARTS) is 2. The second-order valence-corrected chi connectivity index (χ2v) is 4.45. The molecule has 0 aromatic heterocycles. The first-order valence-corrected chi connectivity index (χ1v) is 5.83. The third-order valence-electron chi connectivity index (χ3n) is 3.22. The van der Waals surface area contributed by atoms with E-state index in [1.54, 1.807) is 0 Å². The minimum Gasteiger partial charge on any atom is -0.480 e. The molecule has 1 aliphatic carbocycles. The van der Waals surface area contributed by atoms with Crippen LogP contribution in [0.15, 0.2) is 24.3 Å². The number of carbonyl (C=O) groups is 2. The maximum Gasteiger partial charge on any atom is 0.317 e. The normalized spacial score (nSPS) is 17.7. The Morgan fingerprint density at radius 1 is 1.17 bits per heavy atom. The van der Waals surface area contributed by atoms with E-state index in [2.05, 4.69) is 0 Å². The van der Waals surface area contributed by atoms with E-state index in [1.807, 2.05) is 24.3 Å². The maximum absolute atomic E-state index is 10.8. The van der Waals surface area contributed by atoms with E-state index in [0.29, 0.717) is 0 Å². The molecular formula is C13H15NO4. The van der Waals surface area contributed by atoms with Crippen LogP contribution in [-0.4, -0.2) is 40.1 Å². The van der Waals surface area contributed by atoms with Gasteiger partial charge in [0.1, 0.15) is 0 Å². The molecule has 1 aromatic carbocycles. The summed E-state index contributed by atoms with van der Waals surface area (Å²) in [4.78, 5) is 23.2. The lowest BCUT2D eigenvalue weighted by Gasteiger charge is -2.26. The van der Waals surface area contributed by atoms with E-state index in [1.165, 1.54) is 10.5 Å². The summed E-state index contributed by atoms with van der Waals surface area (Å²) < 4.78 is 0. The molecule has 0 saturated carbocycles. The van der Waals surface area contributed by atoms with Gasteiger partial charge in [0, 0.05) is 6.04 Å². The summed E-state index contributed by atoms with van der Waals surface area (Å²) in [5.74, 6) is -2.00. The Balaban J connectivity index is 2.21. The zero-order valence-corrected chi connectivity index (χ0v) is 9.87. The lowest BCUT2D eigenvalue weighted by molar-refractivity contribution is -0.142. The van der Waals surface area contributed by atoms with Gasteiger partial charge in [-0.3, -0.25) is 14.5 Å². The first-order valence-electron chi connectivity index (χ1n) is 5.83. The molecule has 0 bridgehead atoms. The van der Waals surface area contributed by atoms with Crippen LogP contribution >= 0.6 is 0 Å². The molecule has 1 aromatic rings. The Labute approximate surface area is 105 Å². The Bertz CT molecular complexity index is 456. The van der Waals surface area contributed by atoms with E-state index >= 15 is 0 Å². The standard InChI is InChI=1S/C13H15NO4/c15-12(16)7-14(8-13(17)18)11-6-5-9-3-1-2-4-10(9)11/h1-4,11H,5-8H2,(H,15,16)(H,17,18). The van der Waals surface area contributed by atoms with Crippen LogP contribution in [0.2, 0.25) is 0 Å². The van der Waals surface area contributed by atoms with Crippen molar-refractivity contribution >= 4 is 11.9 Å². The Morgan fingerprint density at radius 3 is 2.39 bits per heavy atom. The van der Waals surface area contributed by atoms with E-state index in [-0.39, 0.29) is 19.1 Å². The van der Waals surface area contributed by atoms with Crippen molar-refractivity contribution < 1.29 is 19.8 Å². The van der Waals surface area contributed by atoms with Crippen molar-refractivity contribution in [1.82, 2.24) is 4.90 Å². The SMILES string of the molecule is O=C(O)CN(CC(=O)O)C1CCc2ccccc21. The highest BCUT2D eigenvalue weighted by atomic mass is 16.4. The Kier molecular flexibility index (Phi) is 3.62. The third kappa shape index (κ3) is 2.68. The fraction of sp³-hybridized carbons (Fsp3) is 0.385. The molecule has 2 rings (SSSR count). The van der Waals surface area contributed by atoms with Gasteiger partial charge in [-0.25, -0.2) is 0 Å². The number of hydrogen-bond acceptors (Lipinski definition) is 3. The second-order valence-electron chi connectivity index (χ2n) is 4.45. The first-order chi connectivity index (χ1) is 8.58. The number of fused-ring (bicyclic) bond motifs is 1. The molecule has 18 heavy (non-hydrogen) atoms. The largest absolute Gasteiger partial charge is 0.480 e. The molecule has 2 N–H and O–H groups in total. The van der Waals surface area contributed by atoms with Crippen LogP contribution < -0.4 is 0 Å². The summed E-state index contributed by atoms with van der Waals surface area (Å²) in [6.45, 7) is -0.489. The van der Waals surface area contributed by atoms with Crippen molar-refractivity contribution in [2.24, 2.45) is 0 Å². The summed E-state index contributed by atoms with van der Waals surface area (Å²) in [6.07, 6.45) is 1.65. The molecule has 0 amide bonds. The molecule has 0 radical (unpaired) electrons. The van der Waals surface area contributed by atoms with Gasteiger partial charge in [0.25, 0.3) is 0 Å². The van der Waals surface area contributed by atoms with E-state index < -0.39 is 11.9 Å². The molecule has 0 spiro atoms. The van der Waals surface area contributed by atoms with Gasteiger partial charge in [0.05, 0.1) is 13.1 Å². The van der Waals surface area contributed by atoms with Crippen LogP contribution in [0, 0.1) is 0 Å². The lowest BCUT2D eigenvalue weighted by Crippen LogP contribution is -2.36. The molecule has 0 heterocycles. The zero-order chi connectivity index (χ0) is 13.1. The topological polar surface area (TPSA) is 77.8 Å². The molecule has 5 heteroatoms. The molecular weight excluding hydrogens is 234 g/mol. The molecule has 0 saturated heterocycles. The minimum absolute atomic E-state index is 0.103. The van der Waals surface area contributed by atoms with Crippen LogP contribution in [0.1, 0.15) is 23.6 Å². The van der Waals surface area contributed by atoms with Crippen LogP contribution in [0.3, 0.4) is 0 Å². The predicted octanol–water partition coefficient (Wildman–Crippen LogP) is 1.15. The van der Waals surface area contributed by atoms with Gasteiger partial charge in [0.15, 0.2) is 0 Å². The molecule has 1 aliphatic rings. The minimum atomic E-state index is -0.999. The monoisotopic (exact) mass is 249 g/mol. The summed E-state index contributed by atoms with van der Waals surface area (Å²) in [5.41, 5.74) is 2.24. The van der Waals surface area contributed by atoms with Gasteiger partial charge in [-0.15, -0.1) is 0 Å². The highest BCUT2D eigenvalue weighted by molar-refractivity contribution is 5.72. The van der Waals surface area contributed by atoms with Crippen molar-refractivity contribution in [2.45, 2.75) is 18.9 Å². The number of rotatable bonds is 5. The Hall–Kier alpha value is -1.88. The quantitative estimate of drug-likeness (QED) is 0.818. The van der Waals surface area contributed by atoms with Crippen LogP contribution in [-0.2, 0) is 16.0 Å². The summed E-state index contributed by atoms with van der Waals surface area (Å²) >= 11 is 0. The van der Waals surface area contributed by atoms with E-state index in [4.69, 9.17) is 10.2 Å². The lowest BCUT2D eigenvalue weighted by atomic mass is 10.1. The molecule has 0 aliphatic heterocycles. The predicted molar refractivity (Wildman–Crippen MR) is 64.3 cm³/mol. The van der Waals surface area contributed by atoms with Gasteiger partial charge in [-0.1, -0.05) is 24.3 Å². The van der Waals surface area contributed by atoms with E-state index in [9.17, 15) is 9.59 Å². The van der Waals surface area contributed by atoms with Crippen molar-refractivity contribution in [3.8, 4) is 0 Å². The Morgan fingerprint density at radius 2 is 1.78 bits per heavy atom. The first kappa shape index (κ1) is 12.6. The number of benzene rings is 1. The number of aryl methyl sites for hydroxylation is 1. The zero-order valence-electron chi connectivity index (χ0n) is 9.87. The fourth-order valence-electron chi connectivity index (χ4n) is 2.54. The fourth-order valence-corrected chi connectivity index (χ4v) is 2.54. The summed E-state index contributed by atoms with van der Waals surface area (Å²) in [6, 6.07) is 7.70. The molecule has 1 atom stereocenters. The van der Waals surface area contributed by atoms with Gasteiger partial charge < -0.3 is 10.2 Å². The number of carboxylic acids is 2. The van der Waals surface area contributed by atoms with Crippen molar-refractivity contribution in [3.63, 3.8) is 0 Å². The van der Waals surface area contributed by atoms with Gasteiger partial charge in [-0.05, 0) is 24.0 Å². The third-order valence-corrected chi connectivity index (χ3v) is 3.22. The van der Waals surface area contributed by atoms with Gasteiger partial charge >= 0.3 is 11.9 Å². The molecule has 0 fully saturated rings. The summed E-state index contributed by atoms with van der Waals surface area (Å²) in [5, 5.41) is 17.7. The number of hydrogen-bond donors (Lipinski definition) is 2. The highest BCUT2D eigenvalue weighted by Crippen LogP contribution is 2.35. The molecule has 5 nitrogen and oxygen atoms in total. The summed E-state index contributed by atoms with van der Waals surface area (Å²) in [7, 11) is 0. The van der Waals surface area contributed by atoms with Crippen LogP contribution in [0.4, 0.5) is 0 Å². The number of aliphatic carboxylic acids is 2. The van der Waals surface area contributed by atoms with Gasteiger partial charge in [-0.2, -0.15) is 0 Å². The van der Waals surface area contributed by atoms with Crippen molar-refractivity contribution in [2.75, 3.05) is 13.1 Å². The molecule has 1 unspecified atom stereocenters. The maximum atomic E-state index is 10.8.